The fourth-order valence-electron chi connectivity index (χ4n) is 4.93. The summed E-state index contributed by atoms with van der Waals surface area (Å²) in [5.74, 6) is -0.144. The topological polar surface area (TPSA) is 75.4 Å². The highest BCUT2D eigenvalue weighted by atomic mass is 16.3. The second-order valence-corrected chi connectivity index (χ2v) is 8.99. The van der Waals surface area contributed by atoms with Crippen molar-refractivity contribution >= 4 is 5.91 Å². The zero-order valence-corrected chi connectivity index (χ0v) is 20.0. The summed E-state index contributed by atoms with van der Waals surface area (Å²) < 4.78 is 1.64. The van der Waals surface area contributed by atoms with Gasteiger partial charge < -0.3 is 10.0 Å². The van der Waals surface area contributed by atoms with Crippen molar-refractivity contribution < 1.29 is 9.90 Å². The quantitative estimate of drug-likeness (QED) is 0.519. The van der Waals surface area contributed by atoms with E-state index in [0.717, 1.165) is 24.8 Å². The lowest BCUT2D eigenvalue weighted by atomic mass is 9.99. The molecule has 2 atom stereocenters. The Bertz CT molecular complexity index is 1170. The highest BCUT2D eigenvalue weighted by molar-refractivity contribution is 5.96. The Morgan fingerprint density at radius 1 is 1.09 bits per heavy atom. The van der Waals surface area contributed by atoms with Crippen LogP contribution < -0.4 is 5.56 Å². The number of aryl methyl sites for hydroxylation is 1. The van der Waals surface area contributed by atoms with Crippen molar-refractivity contribution in [3.8, 4) is 5.88 Å². The third-order valence-electron chi connectivity index (χ3n) is 6.77. The lowest BCUT2D eigenvalue weighted by Crippen LogP contribution is -2.38. The molecule has 0 bridgehead atoms. The first-order valence-corrected chi connectivity index (χ1v) is 12.3. The van der Waals surface area contributed by atoms with Crippen LogP contribution in [0.5, 0.6) is 5.88 Å². The van der Waals surface area contributed by atoms with E-state index < -0.39 is 17.3 Å². The number of hydrogen-bond acceptors (Lipinski definition) is 4. The Morgan fingerprint density at radius 3 is 2.41 bits per heavy atom. The zero-order valence-electron chi connectivity index (χ0n) is 20.0. The predicted octanol–water partition coefficient (Wildman–Crippen LogP) is 4.92. The third-order valence-corrected chi connectivity index (χ3v) is 6.77. The minimum atomic E-state index is -0.456. The molecule has 0 saturated carbocycles. The molecule has 0 aliphatic carbocycles. The van der Waals surface area contributed by atoms with Gasteiger partial charge in [0, 0.05) is 25.4 Å². The summed E-state index contributed by atoms with van der Waals surface area (Å²) in [6.07, 6.45) is 3.84. The summed E-state index contributed by atoms with van der Waals surface area (Å²) in [6, 6.07) is 19.7. The van der Waals surface area contributed by atoms with Gasteiger partial charge in [-0.05, 0) is 30.4 Å². The highest BCUT2D eigenvalue weighted by Gasteiger charge is 2.33. The van der Waals surface area contributed by atoms with Gasteiger partial charge >= 0.3 is 0 Å². The number of hydrogen-bond donors (Lipinski definition) is 1. The molecular weight excluding hydrogens is 426 g/mol. The molecule has 34 heavy (non-hydrogen) atoms. The lowest BCUT2D eigenvalue weighted by Gasteiger charge is -2.24. The van der Waals surface area contributed by atoms with Gasteiger partial charge in [-0.3, -0.25) is 14.2 Å². The predicted molar refractivity (Wildman–Crippen MR) is 133 cm³/mol. The van der Waals surface area contributed by atoms with Gasteiger partial charge in [-0.15, -0.1) is 0 Å². The van der Waals surface area contributed by atoms with Gasteiger partial charge in [0.2, 0.25) is 5.88 Å². The summed E-state index contributed by atoms with van der Waals surface area (Å²) in [6.45, 7) is 5.16. The van der Waals surface area contributed by atoms with Crippen LogP contribution in [0.2, 0.25) is 0 Å². The molecule has 0 radical (unpaired) electrons. The molecule has 3 aromatic rings. The Kier molecular flexibility index (Phi) is 7.46. The van der Waals surface area contributed by atoms with Crippen molar-refractivity contribution in [1.82, 2.24) is 14.5 Å². The van der Waals surface area contributed by atoms with Gasteiger partial charge in [0.05, 0.1) is 6.04 Å². The maximum absolute atomic E-state index is 13.8. The van der Waals surface area contributed by atoms with Crippen LogP contribution in [-0.4, -0.2) is 38.6 Å². The fraction of sp³-hybridized carbons (Fsp3) is 0.393. The van der Waals surface area contributed by atoms with E-state index >= 15 is 0 Å². The molecule has 6 nitrogen and oxygen atoms in total. The van der Waals surface area contributed by atoms with E-state index in [9.17, 15) is 14.7 Å². The number of aromatic hydroxyl groups is 1. The van der Waals surface area contributed by atoms with Gasteiger partial charge in [-0.25, -0.2) is 0 Å². The molecule has 6 heteroatoms. The molecule has 2 heterocycles. The molecule has 1 fully saturated rings. The van der Waals surface area contributed by atoms with E-state index in [1.165, 1.54) is 5.56 Å². The SMILES string of the molecule is CCCCc1nc(O)c(C(=O)N2CCC(c3ccccc3)C2)c(=O)n1C(CC)c1ccccc1. The summed E-state index contributed by atoms with van der Waals surface area (Å²) >= 11 is 0. The van der Waals surface area contributed by atoms with Crippen molar-refractivity contribution in [3.05, 3.63) is 93.5 Å². The molecule has 4 rings (SSSR count). The number of nitrogens with zero attached hydrogens (tertiary/aromatic N) is 3. The monoisotopic (exact) mass is 459 g/mol. The summed E-state index contributed by atoms with van der Waals surface area (Å²) in [5, 5.41) is 10.8. The van der Waals surface area contributed by atoms with Gasteiger partial charge in [0.25, 0.3) is 11.5 Å². The smallest absolute Gasteiger partial charge is 0.270 e. The van der Waals surface area contributed by atoms with Crippen LogP contribution in [-0.2, 0) is 6.42 Å². The summed E-state index contributed by atoms with van der Waals surface area (Å²) in [7, 11) is 0. The standard InChI is InChI=1S/C28H33N3O3/c1-3-5-16-24-29-26(32)25(28(34)31(24)23(4-2)21-14-10-7-11-15-21)27(33)30-18-17-22(19-30)20-12-8-6-9-13-20/h6-15,22-23,32H,3-5,16-19H2,1-2H3. The van der Waals surface area contributed by atoms with E-state index in [-0.39, 0.29) is 17.5 Å². The van der Waals surface area contributed by atoms with Gasteiger partial charge in [-0.2, -0.15) is 4.98 Å². The number of carbonyl (C=O) groups is 1. The molecule has 1 aliphatic rings. The first kappa shape index (κ1) is 23.7. The van der Waals surface area contributed by atoms with E-state index in [0.29, 0.717) is 31.8 Å². The second-order valence-electron chi connectivity index (χ2n) is 8.99. The summed E-state index contributed by atoms with van der Waals surface area (Å²) in [4.78, 5) is 33.4. The van der Waals surface area contributed by atoms with E-state index in [1.54, 1.807) is 9.47 Å². The second kappa shape index (κ2) is 10.7. The van der Waals surface area contributed by atoms with Crippen molar-refractivity contribution in [2.75, 3.05) is 13.1 Å². The normalized spacial score (nSPS) is 16.5. The maximum atomic E-state index is 13.8. The number of benzene rings is 2. The average Bonchev–Trinajstić information content (AvgIpc) is 3.36. The van der Waals surface area contributed by atoms with Gasteiger partial charge in [-0.1, -0.05) is 80.9 Å². The maximum Gasteiger partial charge on any atom is 0.270 e. The minimum Gasteiger partial charge on any atom is -0.493 e. The molecule has 2 unspecified atom stereocenters. The van der Waals surface area contributed by atoms with Gasteiger partial charge in [0.1, 0.15) is 5.82 Å². The van der Waals surface area contributed by atoms with Crippen molar-refractivity contribution in [3.63, 3.8) is 0 Å². The number of aromatic nitrogens is 2. The zero-order chi connectivity index (χ0) is 24.1. The van der Waals surface area contributed by atoms with Crippen LogP contribution in [0.1, 0.15) is 78.8 Å². The van der Waals surface area contributed by atoms with E-state index in [2.05, 4.69) is 24.0 Å². The molecule has 0 spiro atoms. The van der Waals surface area contributed by atoms with Crippen molar-refractivity contribution in [2.24, 2.45) is 0 Å². The van der Waals surface area contributed by atoms with Crippen LogP contribution in [0, 0.1) is 0 Å². The van der Waals surface area contributed by atoms with Crippen LogP contribution in [0.3, 0.4) is 0 Å². The minimum absolute atomic E-state index is 0.219. The largest absolute Gasteiger partial charge is 0.493 e. The lowest BCUT2D eigenvalue weighted by molar-refractivity contribution is 0.0783. The van der Waals surface area contributed by atoms with E-state index in [4.69, 9.17) is 0 Å². The third kappa shape index (κ3) is 4.76. The fourth-order valence-corrected chi connectivity index (χ4v) is 4.93. The molecule has 1 amide bonds. The Labute approximate surface area is 200 Å². The molecule has 1 aromatic heterocycles. The van der Waals surface area contributed by atoms with Crippen LogP contribution >= 0.6 is 0 Å². The Hall–Kier alpha value is -3.41. The van der Waals surface area contributed by atoms with Crippen LogP contribution in [0.25, 0.3) is 0 Å². The van der Waals surface area contributed by atoms with Crippen molar-refractivity contribution in [1.29, 1.82) is 0 Å². The molecule has 1 aliphatic heterocycles. The number of amides is 1. The number of likely N-dealkylation sites (tertiary alicyclic amines) is 1. The average molecular weight is 460 g/mol. The Morgan fingerprint density at radius 2 is 1.76 bits per heavy atom. The highest BCUT2D eigenvalue weighted by Crippen LogP contribution is 2.29. The van der Waals surface area contributed by atoms with E-state index in [1.807, 2.05) is 55.5 Å². The Balaban J connectivity index is 1.72. The van der Waals surface area contributed by atoms with Crippen LogP contribution in [0.4, 0.5) is 0 Å². The van der Waals surface area contributed by atoms with Crippen LogP contribution in [0.15, 0.2) is 65.5 Å². The molecule has 1 N–H and O–H groups in total. The van der Waals surface area contributed by atoms with Gasteiger partial charge in [0.15, 0.2) is 5.56 Å². The first-order chi connectivity index (χ1) is 16.5. The number of rotatable bonds is 8. The molecular formula is C28H33N3O3. The first-order valence-electron chi connectivity index (χ1n) is 12.3. The molecule has 2 aromatic carbocycles. The number of unbranched alkanes of at least 4 members (excludes halogenated alkanes) is 1. The molecule has 178 valence electrons. The van der Waals surface area contributed by atoms with Crippen molar-refractivity contribution in [2.45, 2.75) is 57.9 Å². The number of carbonyl (C=O) groups excluding carboxylic acids is 1. The summed E-state index contributed by atoms with van der Waals surface area (Å²) in [5.41, 5.74) is 1.49. The molecule has 1 saturated heterocycles.